The molecular weight excluding hydrogens is 658 g/mol. The minimum Gasteiger partial charge on any atom is -0.479 e. The number of nitrogen functional groups attached to an aromatic ring is 1. The number of halogens is 1. The lowest BCUT2D eigenvalue weighted by Crippen LogP contribution is -2.71. The monoisotopic (exact) mass is 679 g/mol. The van der Waals surface area contributed by atoms with Crippen molar-refractivity contribution < 1.29 is 43.7 Å². The number of thioether (sulfide) groups is 2. The molecule has 4 heterocycles. The molecule has 17 nitrogen and oxygen atoms in total. The van der Waals surface area contributed by atoms with E-state index < -0.39 is 53.6 Å². The lowest BCUT2D eigenvalue weighted by molar-refractivity contribution is -0.150. The first-order valence-corrected chi connectivity index (χ1v) is 15.6. The molecule has 2 unspecified atom stereocenters. The number of carboxylic acids is 2. The van der Waals surface area contributed by atoms with Crippen LogP contribution in [0, 0.1) is 5.82 Å². The molecule has 3 aromatic rings. The van der Waals surface area contributed by atoms with Crippen molar-refractivity contribution in [2.24, 2.45) is 5.16 Å². The van der Waals surface area contributed by atoms with Crippen LogP contribution in [0.2, 0.25) is 0 Å². The molecule has 0 aliphatic carbocycles. The number of hydrogen-bond donors (Lipinski definition) is 5. The third-order valence-corrected chi connectivity index (χ3v) is 9.38. The number of carbonyl (C=O) groups excluding carboxylic acids is 2. The normalized spacial score (nSPS) is 18.7. The van der Waals surface area contributed by atoms with Crippen molar-refractivity contribution >= 4 is 69.5 Å². The van der Waals surface area contributed by atoms with Crippen LogP contribution in [0.25, 0.3) is 0 Å². The van der Waals surface area contributed by atoms with Crippen LogP contribution >= 0.6 is 34.9 Å². The molecule has 2 aliphatic heterocycles. The molecule has 1 aromatic carbocycles. The number of aliphatic hydroxyl groups is 1. The molecule has 1 saturated heterocycles. The summed E-state index contributed by atoms with van der Waals surface area (Å²) < 4.78 is 14.3. The Morgan fingerprint density at radius 1 is 1.27 bits per heavy atom. The number of aliphatic hydroxyl groups excluding tert-OH is 1. The zero-order chi connectivity index (χ0) is 32.2. The molecule has 1 fully saturated rings. The quantitative estimate of drug-likeness (QED) is 0.0676. The van der Waals surface area contributed by atoms with Gasteiger partial charge in [0.2, 0.25) is 5.16 Å². The number of thiazole rings is 1. The highest BCUT2D eigenvalue weighted by Crippen LogP contribution is 2.41. The molecule has 21 heteroatoms. The Morgan fingerprint density at radius 2 is 2.02 bits per heavy atom. The van der Waals surface area contributed by atoms with Crippen molar-refractivity contribution in [2.45, 2.75) is 35.8 Å². The van der Waals surface area contributed by atoms with Gasteiger partial charge in [-0.1, -0.05) is 29.1 Å². The summed E-state index contributed by atoms with van der Waals surface area (Å²) >= 11 is 3.28. The summed E-state index contributed by atoms with van der Waals surface area (Å²) in [5.74, 6) is -4.50. The Labute approximate surface area is 264 Å². The van der Waals surface area contributed by atoms with Gasteiger partial charge in [0.15, 0.2) is 16.9 Å². The third kappa shape index (κ3) is 7.05. The molecule has 5 rings (SSSR count). The highest BCUT2D eigenvalue weighted by atomic mass is 32.2. The smallest absolute Gasteiger partial charge is 0.352 e. The number of nitrogens with one attached hydrogen (secondary N) is 1. The number of aromatic nitrogens is 5. The van der Waals surface area contributed by atoms with Gasteiger partial charge in [-0.25, -0.2) is 23.6 Å². The molecule has 2 amide bonds. The Bertz CT molecular complexity index is 1700. The van der Waals surface area contributed by atoms with Crippen molar-refractivity contribution in [3.05, 3.63) is 58.0 Å². The van der Waals surface area contributed by atoms with E-state index in [4.69, 9.17) is 15.7 Å². The van der Waals surface area contributed by atoms with Gasteiger partial charge in [-0.15, -0.1) is 28.2 Å². The number of rotatable bonds is 13. The SMILES string of the molecule is Nc1nc(C(=NOCc2ccc(F)cc2)C(=O)NC2C(=O)N3C(C(=O)O)=C(CSc4nnnn4CC(O)C(=O)O)CS[C@H]23)cs1. The topological polar surface area (TPSA) is 248 Å². The van der Waals surface area contributed by atoms with E-state index in [0.29, 0.717) is 11.1 Å². The van der Waals surface area contributed by atoms with E-state index in [0.717, 1.165) is 32.7 Å². The minimum atomic E-state index is -1.75. The zero-order valence-electron chi connectivity index (χ0n) is 22.6. The maximum atomic E-state index is 13.3. The average molecular weight is 680 g/mol. The fourth-order valence-corrected chi connectivity index (χ4v) is 7.08. The first kappa shape index (κ1) is 31.8. The Balaban J connectivity index is 1.27. The average Bonchev–Trinajstić information content (AvgIpc) is 3.65. The number of oxime groups is 1. The Kier molecular flexibility index (Phi) is 9.60. The molecule has 2 aromatic heterocycles. The van der Waals surface area contributed by atoms with Gasteiger partial charge in [0.1, 0.15) is 35.2 Å². The largest absolute Gasteiger partial charge is 0.479 e. The lowest BCUT2D eigenvalue weighted by atomic mass is 10.0. The van der Waals surface area contributed by atoms with E-state index in [-0.39, 0.29) is 45.5 Å². The first-order valence-electron chi connectivity index (χ1n) is 12.7. The number of benzene rings is 1. The number of nitrogens with zero attached hydrogens (tertiary/aromatic N) is 7. The summed E-state index contributed by atoms with van der Waals surface area (Å²) in [4.78, 5) is 60.2. The third-order valence-electron chi connectivity index (χ3n) is 6.32. The molecule has 0 bridgehead atoms. The van der Waals surface area contributed by atoms with Crippen molar-refractivity contribution in [3.63, 3.8) is 0 Å². The van der Waals surface area contributed by atoms with Gasteiger partial charge < -0.3 is 31.2 Å². The van der Waals surface area contributed by atoms with E-state index in [1.54, 1.807) is 0 Å². The molecule has 0 radical (unpaired) electrons. The predicted molar refractivity (Wildman–Crippen MR) is 156 cm³/mol. The second-order valence-corrected chi connectivity index (χ2v) is 12.3. The van der Waals surface area contributed by atoms with Crippen molar-refractivity contribution in [2.75, 3.05) is 17.2 Å². The lowest BCUT2D eigenvalue weighted by Gasteiger charge is -2.49. The van der Waals surface area contributed by atoms with Gasteiger partial charge in [-0.3, -0.25) is 14.5 Å². The van der Waals surface area contributed by atoms with Gasteiger partial charge in [-0.2, -0.15) is 0 Å². The van der Waals surface area contributed by atoms with Crippen LogP contribution in [0.3, 0.4) is 0 Å². The maximum Gasteiger partial charge on any atom is 0.352 e. The molecular formula is C24H22FN9O8S3. The van der Waals surface area contributed by atoms with Gasteiger partial charge in [-0.05, 0) is 33.7 Å². The van der Waals surface area contributed by atoms with Crippen LogP contribution in [0.1, 0.15) is 11.3 Å². The van der Waals surface area contributed by atoms with Gasteiger partial charge in [0.05, 0.1) is 6.54 Å². The summed E-state index contributed by atoms with van der Waals surface area (Å²) in [5, 5.41) is 46.9. The van der Waals surface area contributed by atoms with E-state index in [1.165, 1.54) is 41.4 Å². The number of aliphatic carboxylic acids is 2. The summed E-state index contributed by atoms with van der Waals surface area (Å²) in [7, 11) is 0. The number of β-lactam (4-membered cyclic amide) rings is 1. The number of tetrazole rings is 1. The summed E-state index contributed by atoms with van der Waals surface area (Å²) in [5.41, 5.74) is 6.25. The maximum absolute atomic E-state index is 13.3. The molecule has 0 spiro atoms. The number of carbonyl (C=O) groups is 4. The van der Waals surface area contributed by atoms with Crippen molar-refractivity contribution in [1.29, 1.82) is 0 Å². The van der Waals surface area contributed by atoms with E-state index in [9.17, 15) is 33.8 Å². The number of carboxylic acid groups (broad SMARTS) is 2. The summed E-state index contributed by atoms with van der Waals surface area (Å²) in [6, 6.07) is 4.37. The van der Waals surface area contributed by atoms with Gasteiger partial charge >= 0.3 is 11.9 Å². The number of hydrogen-bond acceptors (Lipinski definition) is 15. The number of nitrogens with two attached hydrogens (primary N) is 1. The summed E-state index contributed by atoms with van der Waals surface area (Å²) in [6.07, 6.45) is -1.75. The molecule has 45 heavy (non-hydrogen) atoms. The van der Waals surface area contributed by atoms with Crippen molar-refractivity contribution in [1.82, 2.24) is 35.4 Å². The highest BCUT2D eigenvalue weighted by Gasteiger charge is 2.54. The standard InChI is InChI=1S/C24H22FN9O8S3/c25-12-3-1-10(2-4-12)6-42-30-15(13-9-44-23(26)27-13)18(36)28-16-19(37)34-17(22(40)41)11(7-43-20(16)34)8-45-24-29-31-32-33(24)5-14(35)21(38)39/h1-4,9,14,16,20,35H,5-8H2,(H2,26,27)(H,28,36)(H,38,39)(H,40,41)/t14?,16?,20-/m1/s1. The number of amides is 2. The highest BCUT2D eigenvalue weighted by molar-refractivity contribution is 8.01. The fraction of sp³-hybridized carbons (Fsp3) is 0.292. The summed E-state index contributed by atoms with van der Waals surface area (Å²) in [6.45, 7) is -0.514. The number of anilines is 1. The zero-order valence-corrected chi connectivity index (χ0v) is 25.1. The molecule has 6 N–H and O–H groups in total. The van der Waals surface area contributed by atoms with E-state index in [2.05, 4.69) is 31.0 Å². The van der Waals surface area contributed by atoms with Crippen LogP contribution in [0.4, 0.5) is 9.52 Å². The van der Waals surface area contributed by atoms with Crippen LogP contribution in [-0.2, 0) is 37.2 Å². The van der Waals surface area contributed by atoms with E-state index in [1.807, 2.05) is 0 Å². The van der Waals surface area contributed by atoms with E-state index >= 15 is 0 Å². The predicted octanol–water partition coefficient (Wildman–Crippen LogP) is -0.252. The van der Waals surface area contributed by atoms with Crippen molar-refractivity contribution in [3.8, 4) is 0 Å². The fourth-order valence-electron chi connectivity index (χ4n) is 4.16. The minimum absolute atomic E-state index is 0.0408. The Morgan fingerprint density at radius 3 is 2.69 bits per heavy atom. The van der Waals surface area contributed by atoms with Crippen LogP contribution in [0.15, 0.2) is 51.2 Å². The Hall–Kier alpha value is -4.60. The van der Waals surface area contributed by atoms with Gasteiger partial charge in [0.25, 0.3) is 11.8 Å². The van der Waals surface area contributed by atoms with Crippen LogP contribution in [-0.4, -0.2) is 104 Å². The van der Waals surface area contributed by atoms with Crippen LogP contribution in [0.5, 0.6) is 0 Å². The van der Waals surface area contributed by atoms with Crippen LogP contribution < -0.4 is 11.1 Å². The first-order chi connectivity index (χ1) is 21.5. The molecule has 0 saturated carbocycles. The second-order valence-electron chi connectivity index (χ2n) is 9.32. The molecule has 2 aliphatic rings. The van der Waals surface area contributed by atoms with Gasteiger partial charge in [0, 0.05) is 16.9 Å². The molecule has 236 valence electrons. The molecule has 3 atom stereocenters. The number of fused-ring (bicyclic) bond motifs is 1. The second kappa shape index (κ2) is 13.6.